The van der Waals surface area contributed by atoms with Crippen molar-refractivity contribution >= 4 is 28.4 Å². The lowest BCUT2D eigenvalue weighted by Crippen LogP contribution is -2.36. The molecule has 0 bridgehead atoms. The van der Waals surface area contributed by atoms with Crippen LogP contribution in [0.5, 0.6) is 0 Å². The topological polar surface area (TPSA) is 89.8 Å². The molecule has 1 saturated carbocycles. The van der Waals surface area contributed by atoms with E-state index in [4.69, 9.17) is 4.84 Å². The van der Waals surface area contributed by atoms with Gasteiger partial charge in [0, 0.05) is 30.7 Å². The van der Waals surface area contributed by atoms with Crippen LogP contribution in [0.4, 0.5) is 11.6 Å². The molecule has 0 radical (unpaired) electrons. The molecule has 1 aliphatic heterocycles. The van der Waals surface area contributed by atoms with Gasteiger partial charge >= 0.3 is 0 Å². The van der Waals surface area contributed by atoms with Gasteiger partial charge in [0.05, 0.1) is 23.0 Å². The number of aromatic nitrogens is 5. The van der Waals surface area contributed by atoms with Gasteiger partial charge in [-0.05, 0) is 38.3 Å². The Morgan fingerprint density at radius 3 is 2.77 bits per heavy atom. The van der Waals surface area contributed by atoms with Crippen LogP contribution >= 0.6 is 0 Å². The molecule has 0 aromatic carbocycles. The Morgan fingerprint density at radius 1 is 1.23 bits per heavy atom. The van der Waals surface area contributed by atoms with Crippen molar-refractivity contribution in [2.75, 3.05) is 5.32 Å². The maximum Gasteiger partial charge on any atom is 0.227 e. The monoisotopic (exact) mass is 349 g/mol. The quantitative estimate of drug-likeness (QED) is 0.748. The van der Waals surface area contributed by atoms with Gasteiger partial charge in [0.2, 0.25) is 5.95 Å². The number of pyridine rings is 1. The number of anilines is 2. The zero-order valence-corrected chi connectivity index (χ0v) is 14.4. The molecule has 1 fully saturated rings. The van der Waals surface area contributed by atoms with Crippen LogP contribution in [0.15, 0.2) is 36.9 Å². The minimum atomic E-state index is -0.168. The minimum Gasteiger partial charge on any atom is -0.323 e. The number of hydrogen-bond donors (Lipinski definition) is 2. The van der Waals surface area contributed by atoms with Crippen molar-refractivity contribution in [1.29, 1.82) is 0 Å². The Balaban J connectivity index is 1.65. The molecule has 0 unspecified atom stereocenters. The second kappa shape index (κ2) is 5.77. The highest BCUT2D eigenvalue weighted by atomic mass is 16.7. The Hall–Kier alpha value is -3.00. The zero-order chi connectivity index (χ0) is 17.6. The standard InChI is InChI=1S/C18H19N7O/c1-2-25-16-13(11-22-25)15(23-17-19-7-4-8-20-17)12(10-21-16)14-9-18(26-24-14)5-3-6-18/h4,7-11,24H,2-3,5-6H2,1H3,(H,19,20,21,23). The first-order valence-corrected chi connectivity index (χ1v) is 8.84. The van der Waals surface area contributed by atoms with Gasteiger partial charge in [0.1, 0.15) is 5.60 Å². The highest BCUT2D eigenvalue weighted by molar-refractivity contribution is 5.97. The number of nitrogens with zero attached hydrogens (tertiary/aromatic N) is 5. The molecule has 2 aliphatic rings. The lowest BCUT2D eigenvalue weighted by molar-refractivity contribution is -0.0821. The minimum absolute atomic E-state index is 0.168. The summed E-state index contributed by atoms with van der Waals surface area (Å²) >= 11 is 0. The molecule has 132 valence electrons. The largest absolute Gasteiger partial charge is 0.323 e. The number of rotatable bonds is 4. The summed E-state index contributed by atoms with van der Waals surface area (Å²) in [7, 11) is 0. The van der Waals surface area contributed by atoms with Gasteiger partial charge in [0.25, 0.3) is 0 Å². The fraction of sp³-hybridized carbons (Fsp3) is 0.333. The van der Waals surface area contributed by atoms with Gasteiger partial charge in [0.15, 0.2) is 5.65 Å². The Labute approximate surface area is 150 Å². The van der Waals surface area contributed by atoms with E-state index in [1.807, 2.05) is 24.0 Å². The van der Waals surface area contributed by atoms with E-state index in [0.29, 0.717) is 5.95 Å². The molecule has 8 nitrogen and oxygen atoms in total. The van der Waals surface area contributed by atoms with Crippen molar-refractivity contribution < 1.29 is 4.84 Å². The van der Waals surface area contributed by atoms with E-state index in [1.165, 1.54) is 6.42 Å². The van der Waals surface area contributed by atoms with Gasteiger partial charge in [-0.1, -0.05) is 0 Å². The number of hydroxylamine groups is 1. The number of hydrogen-bond acceptors (Lipinski definition) is 7. The smallest absolute Gasteiger partial charge is 0.227 e. The van der Waals surface area contributed by atoms with Crippen LogP contribution in [0.25, 0.3) is 16.7 Å². The van der Waals surface area contributed by atoms with E-state index in [0.717, 1.165) is 47.4 Å². The van der Waals surface area contributed by atoms with Gasteiger partial charge in [-0.25, -0.2) is 19.6 Å². The van der Waals surface area contributed by atoms with Crippen LogP contribution in [-0.2, 0) is 11.4 Å². The van der Waals surface area contributed by atoms with E-state index in [9.17, 15) is 0 Å². The van der Waals surface area contributed by atoms with E-state index in [-0.39, 0.29) is 5.60 Å². The van der Waals surface area contributed by atoms with Crippen molar-refractivity contribution in [2.45, 2.75) is 38.3 Å². The van der Waals surface area contributed by atoms with Crippen molar-refractivity contribution in [3.63, 3.8) is 0 Å². The third kappa shape index (κ3) is 2.33. The predicted molar refractivity (Wildman–Crippen MR) is 97.3 cm³/mol. The Morgan fingerprint density at radius 2 is 2.08 bits per heavy atom. The van der Waals surface area contributed by atoms with Crippen LogP contribution < -0.4 is 10.8 Å². The summed E-state index contributed by atoms with van der Waals surface area (Å²) in [6, 6.07) is 1.79. The van der Waals surface area contributed by atoms with Crippen LogP contribution in [-0.4, -0.2) is 30.3 Å². The molecule has 1 spiro atoms. The zero-order valence-electron chi connectivity index (χ0n) is 14.4. The normalized spacial score (nSPS) is 17.8. The van der Waals surface area contributed by atoms with E-state index in [2.05, 4.69) is 36.9 Å². The summed E-state index contributed by atoms with van der Waals surface area (Å²) in [6.07, 6.45) is 12.5. The highest BCUT2D eigenvalue weighted by Crippen LogP contribution is 2.43. The molecule has 26 heavy (non-hydrogen) atoms. The van der Waals surface area contributed by atoms with E-state index >= 15 is 0 Å². The molecule has 5 rings (SSSR count). The predicted octanol–water partition coefficient (Wildman–Crippen LogP) is 2.78. The van der Waals surface area contributed by atoms with Crippen molar-refractivity contribution in [2.24, 2.45) is 0 Å². The summed E-state index contributed by atoms with van der Waals surface area (Å²) in [5, 5.41) is 8.71. The molecule has 0 amide bonds. The molecular formula is C18H19N7O. The van der Waals surface area contributed by atoms with Crippen molar-refractivity contribution in [3.8, 4) is 0 Å². The third-order valence-corrected chi connectivity index (χ3v) is 5.03. The number of aryl methyl sites for hydroxylation is 1. The first-order chi connectivity index (χ1) is 12.8. The summed E-state index contributed by atoms with van der Waals surface area (Å²) in [5.41, 5.74) is 6.46. The second-order valence-corrected chi connectivity index (χ2v) is 6.62. The summed E-state index contributed by atoms with van der Waals surface area (Å²) in [4.78, 5) is 19.1. The average molecular weight is 349 g/mol. The molecule has 0 saturated heterocycles. The Kier molecular flexibility index (Phi) is 3.39. The van der Waals surface area contributed by atoms with Crippen LogP contribution in [0.2, 0.25) is 0 Å². The van der Waals surface area contributed by atoms with Crippen LogP contribution in [0.3, 0.4) is 0 Å². The van der Waals surface area contributed by atoms with Gasteiger partial charge in [-0.3, -0.25) is 10.3 Å². The maximum atomic E-state index is 5.84. The molecule has 2 N–H and O–H groups in total. The number of nitrogens with one attached hydrogen (secondary N) is 2. The third-order valence-electron chi connectivity index (χ3n) is 5.03. The SMILES string of the molecule is CCn1ncc2c(Nc3ncccn3)c(C3=CC4(CCC4)ON3)cnc21. The van der Waals surface area contributed by atoms with Gasteiger partial charge in [-0.15, -0.1) is 0 Å². The second-order valence-electron chi connectivity index (χ2n) is 6.62. The molecular weight excluding hydrogens is 330 g/mol. The molecule has 0 atom stereocenters. The molecule has 3 aromatic heterocycles. The lowest BCUT2D eigenvalue weighted by atomic mass is 9.80. The van der Waals surface area contributed by atoms with Gasteiger partial charge < -0.3 is 5.32 Å². The fourth-order valence-corrected chi connectivity index (χ4v) is 3.46. The highest BCUT2D eigenvalue weighted by Gasteiger charge is 2.41. The summed E-state index contributed by atoms with van der Waals surface area (Å²) < 4.78 is 1.87. The van der Waals surface area contributed by atoms with Crippen molar-refractivity contribution in [1.82, 2.24) is 30.2 Å². The fourth-order valence-electron chi connectivity index (χ4n) is 3.46. The van der Waals surface area contributed by atoms with E-state index in [1.54, 1.807) is 18.5 Å². The van der Waals surface area contributed by atoms with Crippen molar-refractivity contribution in [3.05, 3.63) is 42.5 Å². The summed E-state index contributed by atoms with van der Waals surface area (Å²) in [5.74, 6) is 0.531. The van der Waals surface area contributed by atoms with Crippen LogP contribution in [0.1, 0.15) is 31.7 Å². The maximum absolute atomic E-state index is 5.84. The van der Waals surface area contributed by atoms with E-state index < -0.39 is 0 Å². The summed E-state index contributed by atoms with van der Waals surface area (Å²) in [6.45, 7) is 2.80. The molecule has 3 aromatic rings. The van der Waals surface area contributed by atoms with Gasteiger partial charge in [-0.2, -0.15) is 5.10 Å². The average Bonchev–Trinajstić information content (AvgIpc) is 3.27. The van der Waals surface area contributed by atoms with Crippen LogP contribution in [0, 0.1) is 0 Å². The molecule has 4 heterocycles. The first kappa shape index (κ1) is 15.3. The number of fused-ring (bicyclic) bond motifs is 1. The first-order valence-electron chi connectivity index (χ1n) is 8.84. The Bertz CT molecular complexity index is 991. The lowest BCUT2D eigenvalue weighted by Gasteiger charge is -2.33. The molecule has 1 aliphatic carbocycles. The molecule has 8 heteroatoms.